The van der Waals surface area contributed by atoms with Gasteiger partial charge in [-0.2, -0.15) is 0 Å². The molecule has 2 aromatic heterocycles. The molecule has 0 saturated carbocycles. The molecular formula is C24H25N3O3. The number of furan rings is 1. The van der Waals surface area contributed by atoms with Crippen molar-refractivity contribution in [1.82, 2.24) is 14.9 Å². The van der Waals surface area contributed by atoms with E-state index in [0.29, 0.717) is 13.2 Å². The van der Waals surface area contributed by atoms with Gasteiger partial charge in [-0.05, 0) is 62.2 Å². The molecule has 2 heterocycles. The number of carbonyl (C=O) groups excluding carboxylic acids is 1. The zero-order chi connectivity index (χ0) is 21.1. The fourth-order valence-electron chi connectivity index (χ4n) is 3.53. The highest BCUT2D eigenvalue weighted by Crippen LogP contribution is 2.23. The fraction of sp³-hybridized carbons (Fsp3) is 0.250. The number of hydrogen-bond acceptors (Lipinski definition) is 4. The molecule has 4 rings (SSSR count). The number of hydrogen-bond donors (Lipinski definition) is 1. The Balaban J connectivity index is 1.55. The summed E-state index contributed by atoms with van der Waals surface area (Å²) in [6.45, 7) is 7.17. The molecule has 0 spiro atoms. The predicted molar refractivity (Wildman–Crippen MR) is 116 cm³/mol. The maximum absolute atomic E-state index is 12.4. The van der Waals surface area contributed by atoms with Crippen molar-refractivity contribution < 1.29 is 13.9 Å². The Morgan fingerprint density at radius 2 is 1.97 bits per heavy atom. The van der Waals surface area contributed by atoms with Crippen LogP contribution in [0.4, 0.5) is 0 Å². The Bertz CT molecular complexity index is 1160. The van der Waals surface area contributed by atoms with Gasteiger partial charge in [0.15, 0.2) is 5.76 Å². The number of rotatable bonds is 7. The minimum absolute atomic E-state index is 0.266. The highest BCUT2D eigenvalue weighted by molar-refractivity contribution is 5.91. The average Bonchev–Trinajstić information content (AvgIpc) is 3.40. The zero-order valence-electron chi connectivity index (χ0n) is 17.4. The summed E-state index contributed by atoms with van der Waals surface area (Å²) < 4.78 is 13.4. The molecule has 6 heteroatoms. The van der Waals surface area contributed by atoms with E-state index in [9.17, 15) is 4.79 Å². The second-order valence-electron chi connectivity index (χ2n) is 7.33. The second kappa shape index (κ2) is 8.45. The number of benzene rings is 2. The van der Waals surface area contributed by atoms with Crippen LogP contribution in [-0.4, -0.2) is 22.1 Å². The third-order valence-corrected chi connectivity index (χ3v) is 5.29. The number of aryl methyl sites for hydroxylation is 1. The van der Waals surface area contributed by atoms with E-state index in [-0.39, 0.29) is 17.7 Å². The quantitative estimate of drug-likeness (QED) is 0.480. The van der Waals surface area contributed by atoms with Crippen LogP contribution in [-0.2, 0) is 6.54 Å². The van der Waals surface area contributed by atoms with E-state index >= 15 is 0 Å². The lowest BCUT2D eigenvalue weighted by atomic mass is 10.1. The van der Waals surface area contributed by atoms with Gasteiger partial charge in [0.25, 0.3) is 5.91 Å². The van der Waals surface area contributed by atoms with E-state index < -0.39 is 0 Å². The molecule has 6 nitrogen and oxygen atoms in total. The van der Waals surface area contributed by atoms with E-state index in [4.69, 9.17) is 14.1 Å². The molecular weight excluding hydrogens is 378 g/mol. The molecule has 30 heavy (non-hydrogen) atoms. The van der Waals surface area contributed by atoms with Crippen molar-refractivity contribution in [3.05, 3.63) is 83.6 Å². The molecule has 0 aliphatic carbocycles. The summed E-state index contributed by atoms with van der Waals surface area (Å²) in [7, 11) is 0. The van der Waals surface area contributed by atoms with Crippen molar-refractivity contribution in [3.63, 3.8) is 0 Å². The number of nitrogens with one attached hydrogen (secondary N) is 1. The number of carbonyl (C=O) groups is 1. The number of aromatic nitrogens is 2. The normalized spacial score (nSPS) is 12.1. The lowest BCUT2D eigenvalue weighted by Crippen LogP contribution is -2.29. The van der Waals surface area contributed by atoms with Crippen LogP contribution in [0, 0.1) is 13.8 Å². The molecule has 0 saturated heterocycles. The van der Waals surface area contributed by atoms with Gasteiger partial charge in [0, 0.05) is 0 Å². The standard InChI is InChI=1S/C24H25N3O3/c1-16-8-6-11-21(17(16)2)30-15-13-27-20-10-5-4-9-19(20)26-23(27)18(3)25-24(28)22-12-7-14-29-22/h4-12,14,18H,13,15H2,1-3H3,(H,25,28)/t18-/m1/s1. The Labute approximate surface area is 175 Å². The zero-order valence-corrected chi connectivity index (χ0v) is 17.4. The Hall–Kier alpha value is -3.54. The lowest BCUT2D eigenvalue weighted by molar-refractivity contribution is 0.0909. The maximum atomic E-state index is 12.4. The summed E-state index contributed by atoms with van der Waals surface area (Å²) in [5.41, 5.74) is 4.25. The highest BCUT2D eigenvalue weighted by Gasteiger charge is 2.20. The van der Waals surface area contributed by atoms with E-state index in [1.807, 2.05) is 43.3 Å². The second-order valence-corrected chi connectivity index (χ2v) is 7.33. The summed E-state index contributed by atoms with van der Waals surface area (Å²) in [5.74, 6) is 1.68. The molecule has 0 radical (unpaired) electrons. The molecule has 4 aromatic rings. The van der Waals surface area contributed by atoms with Crippen molar-refractivity contribution in [3.8, 4) is 5.75 Å². The maximum Gasteiger partial charge on any atom is 0.287 e. The fourth-order valence-corrected chi connectivity index (χ4v) is 3.53. The molecule has 2 aromatic carbocycles. The first-order valence-corrected chi connectivity index (χ1v) is 10.0. The topological polar surface area (TPSA) is 69.3 Å². The summed E-state index contributed by atoms with van der Waals surface area (Å²) in [6, 6.07) is 17.1. The van der Waals surface area contributed by atoms with Crippen LogP contribution in [0.3, 0.4) is 0 Å². The summed E-state index contributed by atoms with van der Waals surface area (Å²) in [5, 5.41) is 2.97. The number of nitrogens with zero attached hydrogens (tertiary/aromatic N) is 2. The molecule has 0 fully saturated rings. The van der Waals surface area contributed by atoms with Gasteiger partial charge in [-0.3, -0.25) is 4.79 Å². The van der Waals surface area contributed by atoms with Crippen molar-refractivity contribution >= 4 is 16.9 Å². The Morgan fingerprint density at radius 1 is 1.13 bits per heavy atom. The van der Waals surface area contributed by atoms with Crippen molar-refractivity contribution in [2.45, 2.75) is 33.4 Å². The van der Waals surface area contributed by atoms with E-state index in [2.05, 4.69) is 29.8 Å². The molecule has 0 bridgehead atoms. The first kappa shape index (κ1) is 19.8. The summed E-state index contributed by atoms with van der Waals surface area (Å²) in [6.07, 6.45) is 1.49. The SMILES string of the molecule is Cc1cccc(OCCn2c([C@@H](C)NC(=O)c3ccco3)nc3ccccc32)c1C. The minimum Gasteiger partial charge on any atom is -0.491 e. The molecule has 154 valence electrons. The van der Waals surface area contributed by atoms with Crippen LogP contribution >= 0.6 is 0 Å². The van der Waals surface area contributed by atoms with Crippen LogP contribution in [0.2, 0.25) is 0 Å². The van der Waals surface area contributed by atoms with Crippen LogP contribution in [0.15, 0.2) is 65.3 Å². The van der Waals surface area contributed by atoms with Gasteiger partial charge in [0.2, 0.25) is 0 Å². The highest BCUT2D eigenvalue weighted by atomic mass is 16.5. The molecule has 1 N–H and O–H groups in total. The van der Waals surface area contributed by atoms with Crippen molar-refractivity contribution in [1.29, 1.82) is 0 Å². The smallest absolute Gasteiger partial charge is 0.287 e. The van der Waals surface area contributed by atoms with Gasteiger partial charge in [-0.25, -0.2) is 4.98 Å². The van der Waals surface area contributed by atoms with E-state index in [1.54, 1.807) is 12.1 Å². The molecule has 0 unspecified atom stereocenters. The van der Waals surface area contributed by atoms with Gasteiger partial charge < -0.3 is 19.0 Å². The molecule has 1 amide bonds. The third-order valence-electron chi connectivity index (χ3n) is 5.29. The Kier molecular flexibility index (Phi) is 5.57. The van der Waals surface area contributed by atoms with Crippen LogP contribution < -0.4 is 10.1 Å². The van der Waals surface area contributed by atoms with Crippen molar-refractivity contribution in [2.75, 3.05) is 6.61 Å². The summed E-state index contributed by atoms with van der Waals surface area (Å²) in [4.78, 5) is 17.2. The molecule has 0 aliphatic rings. The van der Waals surface area contributed by atoms with E-state index in [0.717, 1.165) is 28.2 Å². The summed E-state index contributed by atoms with van der Waals surface area (Å²) >= 11 is 0. The molecule has 1 atom stereocenters. The third kappa shape index (κ3) is 3.94. The number of fused-ring (bicyclic) bond motifs is 1. The minimum atomic E-state index is -0.296. The molecule has 0 aliphatic heterocycles. The van der Waals surface area contributed by atoms with Crippen molar-refractivity contribution in [2.24, 2.45) is 0 Å². The van der Waals surface area contributed by atoms with E-state index in [1.165, 1.54) is 11.8 Å². The van der Waals surface area contributed by atoms with Gasteiger partial charge in [0.1, 0.15) is 18.2 Å². The number of ether oxygens (including phenoxy) is 1. The van der Waals surface area contributed by atoms with Gasteiger partial charge in [-0.1, -0.05) is 24.3 Å². The predicted octanol–water partition coefficient (Wildman–Crippen LogP) is 4.82. The first-order chi connectivity index (χ1) is 14.5. The van der Waals surface area contributed by atoms with Crippen LogP contribution in [0.1, 0.15) is 40.5 Å². The lowest BCUT2D eigenvalue weighted by Gasteiger charge is -2.17. The van der Waals surface area contributed by atoms with Gasteiger partial charge in [0.05, 0.1) is 29.9 Å². The largest absolute Gasteiger partial charge is 0.491 e. The van der Waals surface area contributed by atoms with Gasteiger partial charge >= 0.3 is 0 Å². The number of amides is 1. The van der Waals surface area contributed by atoms with Crippen LogP contribution in [0.5, 0.6) is 5.75 Å². The van der Waals surface area contributed by atoms with Crippen LogP contribution in [0.25, 0.3) is 11.0 Å². The number of imidazole rings is 1. The number of para-hydroxylation sites is 2. The monoisotopic (exact) mass is 403 g/mol. The Morgan fingerprint density at radius 3 is 2.77 bits per heavy atom. The first-order valence-electron chi connectivity index (χ1n) is 10.0. The average molecular weight is 403 g/mol. The van der Waals surface area contributed by atoms with Gasteiger partial charge in [-0.15, -0.1) is 0 Å².